The van der Waals surface area contributed by atoms with Gasteiger partial charge in [-0.3, -0.25) is 0 Å². The Bertz CT molecular complexity index is 402. The summed E-state index contributed by atoms with van der Waals surface area (Å²) >= 11 is 0. The maximum absolute atomic E-state index is 3.46. The number of nitrogens with zero attached hydrogens (tertiary/aromatic N) is 1. The van der Waals surface area contributed by atoms with Gasteiger partial charge in [-0.05, 0) is 49.7 Å². The third-order valence-corrected chi connectivity index (χ3v) is 3.71. The fourth-order valence-corrected chi connectivity index (χ4v) is 2.37. The highest BCUT2D eigenvalue weighted by Crippen LogP contribution is 2.28. The van der Waals surface area contributed by atoms with Gasteiger partial charge in [0.25, 0.3) is 0 Å². The van der Waals surface area contributed by atoms with E-state index in [1.807, 2.05) is 0 Å². The van der Waals surface area contributed by atoms with E-state index in [4.69, 9.17) is 0 Å². The monoisotopic (exact) mass is 262 g/mol. The number of hydrogen-bond donors (Lipinski definition) is 1. The predicted molar refractivity (Wildman–Crippen MR) is 84.9 cm³/mol. The van der Waals surface area contributed by atoms with Crippen LogP contribution in [0.25, 0.3) is 0 Å². The molecule has 0 amide bonds. The van der Waals surface area contributed by atoms with Crippen molar-refractivity contribution in [2.75, 3.05) is 27.2 Å². The maximum Gasteiger partial charge on any atom is 0.0469 e. The normalized spacial score (nSPS) is 13.9. The van der Waals surface area contributed by atoms with Gasteiger partial charge in [-0.1, -0.05) is 45.9 Å². The quantitative estimate of drug-likeness (QED) is 0.873. The molecule has 0 saturated heterocycles. The Labute approximate surface area is 119 Å². The minimum atomic E-state index is 0.221. The minimum absolute atomic E-state index is 0.221. The summed E-state index contributed by atoms with van der Waals surface area (Å²) in [6.45, 7) is 13.2. The van der Waals surface area contributed by atoms with Crippen molar-refractivity contribution in [3.63, 3.8) is 0 Å². The van der Waals surface area contributed by atoms with Crippen LogP contribution in [-0.2, 0) is 5.41 Å². The average Bonchev–Trinajstić information content (AvgIpc) is 2.29. The van der Waals surface area contributed by atoms with Crippen LogP contribution in [0.1, 0.15) is 50.4 Å². The van der Waals surface area contributed by atoms with Crippen LogP contribution < -0.4 is 5.32 Å². The molecule has 0 radical (unpaired) electrons. The second-order valence-electron chi connectivity index (χ2n) is 6.61. The average molecular weight is 262 g/mol. The lowest BCUT2D eigenvalue weighted by molar-refractivity contribution is 0.289. The van der Waals surface area contributed by atoms with E-state index in [1.165, 1.54) is 16.7 Å². The lowest BCUT2D eigenvalue weighted by atomic mass is 9.84. The molecular formula is C17H30N2. The largest absolute Gasteiger partial charge is 0.315 e. The summed E-state index contributed by atoms with van der Waals surface area (Å²) in [5.74, 6) is 0. The molecule has 2 heteroatoms. The standard InChI is InChI=1S/C17H30N2/c1-8-18-12-16(19(6)7)15-10-9-14(11-13(15)2)17(3,4)5/h9-11,16,18H,8,12H2,1-7H3. The Morgan fingerprint density at radius 1 is 1.21 bits per heavy atom. The number of hydrogen-bond acceptors (Lipinski definition) is 2. The van der Waals surface area contributed by atoms with Gasteiger partial charge >= 0.3 is 0 Å². The van der Waals surface area contributed by atoms with E-state index in [-0.39, 0.29) is 5.41 Å². The van der Waals surface area contributed by atoms with Crippen molar-refractivity contribution in [3.05, 3.63) is 34.9 Å². The molecule has 0 aromatic heterocycles. The first-order chi connectivity index (χ1) is 8.77. The molecule has 0 heterocycles. The van der Waals surface area contributed by atoms with Gasteiger partial charge in [-0.15, -0.1) is 0 Å². The van der Waals surface area contributed by atoms with Crippen LogP contribution in [-0.4, -0.2) is 32.1 Å². The van der Waals surface area contributed by atoms with Crippen molar-refractivity contribution in [2.45, 2.75) is 46.1 Å². The summed E-state index contributed by atoms with van der Waals surface area (Å²) < 4.78 is 0. The van der Waals surface area contributed by atoms with Crippen LogP contribution in [0.15, 0.2) is 18.2 Å². The zero-order valence-corrected chi connectivity index (χ0v) is 13.7. The summed E-state index contributed by atoms with van der Waals surface area (Å²) in [7, 11) is 4.30. The Morgan fingerprint density at radius 3 is 2.26 bits per heavy atom. The third kappa shape index (κ3) is 4.32. The molecule has 0 saturated carbocycles. The zero-order valence-electron chi connectivity index (χ0n) is 13.7. The minimum Gasteiger partial charge on any atom is -0.315 e. The zero-order chi connectivity index (χ0) is 14.6. The Hall–Kier alpha value is -0.860. The molecule has 108 valence electrons. The first-order valence-corrected chi connectivity index (χ1v) is 7.25. The topological polar surface area (TPSA) is 15.3 Å². The Morgan fingerprint density at radius 2 is 1.84 bits per heavy atom. The molecule has 1 atom stereocenters. The highest BCUT2D eigenvalue weighted by molar-refractivity contribution is 5.36. The third-order valence-electron chi connectivity index (χ3n) is 3.71. The van der Waals surface area contributed by atoms with Crippen molar-refractivity contribution in [2.24, 2.45) is 0 Å². The van der Waals surface area contributed by atoms with Gasteiger partial charge in [0.1, 0.15) is 0 Å². The second-order valence-corrected chi connectivity index (χ2v) is 6.61. The van der Waals surface area contributed by atoms with E-state index in [2.05, 4.69) is 77.1 Å². The van der Waals surface area contributed by atoms with E-state index in [1.54, 1.807) is 0 Å². The highest BCUT2D eigenvalue weighted by atomic mass is 15.1. The fourth-order valence-electron chi connectivity index (χ4n) is 2.37. The van der Waals surface area contributed by atoms with E-state index in [0.29, 0.717) is 6.04 Å². The molecular weight excluding hydrogens is 232 g/mol. The van der Waals surface area contributed by atoms with E-state index in [0.717, 1.165) is 13.1 Å². The summed E-state index contributed by atoms with van der Waals surface area (Å²) in [5, 5.41) is 3.46. The van der Waals surface area contributed by atoms with Crippen molar-refractivity contribution >= 4 is 0 Å². The summed E-state index contributed by atoms with van der Waals surface area (Å²) in [6, 6.07) is 7.37. The van der Waals surface area contributed by atoms with Crippen LogP contribution >= 0.6 is 0 Å². The fraction of sp³-hybridized carbons (Fsp3) is 0.647. The first kappa shape index (κ1) is 16.2. The Balaban J connectivity index is 3.05. The number of likely N-dealkylation sites (N-methyl/N-ethyl adjacent to an activating group) is 2. The van der Waals surface area contributed by atoms with Crippen LogP contribution in [0.5, 0.6) is 0 Å². The van der Waals surface area contributed by atoms with Crippen LogP contribution in [0.4, 0.5) is 0 Å². The number of nitrogens with one attached hydrogen (secondary N) is 1. The molecule has 0 spiro atoms. The summed E-state index contributed by atoms with van der Waals surface area (Å²) in [6.07, 6.45) is 0. The van der Waals surface area contributed by atoms with E-state index in [9.17, 15) is 0 Å². The van der Waals surface area contributed by atoms with Gasteiger partial charge in [-0.25, -0.2) is 0 Å². The van der Waals surface area contributed by atoms with E-state index < -0.39 is 0 Å². The summed E-state index contributed by atoms with van der Waals surface area (Å²) in [4.78, 5) is 2.29. The molecule has 0 bridgehead atoms. The lowest BCUT2D eigenvalue weighted by Gasteiger charge is -2.28. The molecule has 2 nitrogen and oxygen atoms in total. The van der Waals surface area contributed by atoms with Crippen molar-refractivity contribution < 1.29 is 0 Å². The SMILES string of the molecule is CCNCC(c1ccc(C(C)(C)C)cc1C)N(C)C. The lowest BCUT2D eigenvalue weighted by Crippen LogP contribution is -2.31. The molecule has 0 aliphatic heterocycles. The highest BCUT2D eigenvalue weighted by Gasteiger charge is 2.19. The van der Waals surface area contributed by atoms with Crippen molar-refractivity contribution in [3.8, 4) is 0 Å². The molecule has 0 aliphatic rings. The molecule has 1 unspecified atom stereocenters. The second kappa shape index (κ2) is 6.53. The number of rotatable bonds is 5. The van der Waals surface area contributed by atoms with Gasteiger partial charge in [-0.2, -0.15) is 0 Å². The number of aryl methyl sites for hydroxylation is 1. The van der Waals surface area contributed by atoms with Gasteiger partial charge < -0.3 is 10.2 Å². The maximum atomic E-state index is 3.46. The van der Waals surface area contributed by atoms with Crippen LogP contribution in [0, 0.1) is 6.92 Å². The van der Waals surface area contributed by atoms with Crippen LogP contribution in [0.3, 0.4) is 0 Å². The molecule has 1 rings (SSSR count). The smallest absolute Gasteiger partial charge is 0.0469 e. The first-order valence-electron chi connectivity index (χ1n) is 7.25. The molecule has 1 aromatic carbocycles. The number of benzene rings is 1. The van der Waals surface area contributed by atoms with Gasteiger partial charge in [0.05, 0.1) is 0 Å². The van der Waals surface area contributed by atoms with Crippen molar-refractivity contribution in [1.29, 1.82) is 0 Å². The Kier molecular flexibility index (Phi) is 5.57. The van der Waals surface area contributed by atoms with Crippen molar-refractivity contribution in [1.82, 2.24) is 10.2 Å². The molecule has 1 aromatic rings. The summed E-state index contributed by atoms with van der Waals surface area (Å²) in [5.41, 5.74) is 4.45. The van der Waals surface area contributed by atoms with Gasteiger partial charge in [0.2, 0.25) is 0 Å². The predicted octanol–water partition coefficient (Wildman–Crippen LogP) is 3.50. The van der Waals surface area contributed by atoms with Crippen LogP contribution in [0.2, 0.25) is 0 Å². The van der Waals surface area contributed by atoms with E-state index >= 15 is 0 Å². The molecule has 0 aliphatic carbocycles. The van der Waals surface area contributed by atoms with Gasteiger partial charge in [0.15, 0.2) is 0 Å². The molecule has 1 N–H and O–H groups in total. The van der Waals surface area contributed by atoms with Gasteiger partial charge in [0, 0.05) is 12.6 Å². The molecule has 0 fully saturated rings. The molecule has 19 heavy (non-hydrogen) atoms.